The molecule has 0 saturated heterocycles. The Labute approximate surface area is 143 Å². The van der Waals surface area contributed by atoms with E-state index < -0.39 is 18.5 Å². The molecule has 0 aliphatic carbocycles. The van der Waals surface area contributed by atoms with Gasteiger partial charge in [0.15, 0.2) is 6.61 Å². The van der Waals surface area contributed by atoms with E-state index in [0.29, 0.717) is 0 Å². The van der Waals surface area contributed by atoms with Crippen LogP contribution < -0.4 is 5.32 Å². The fraction of sp³-hybridized carbons (Fsp3) is 0.500. The second-order valence-electron chi connectivity index (χ2n) is 5.95. The van der Waals surface area contributed by atoms with Crippen LogP contribution in [0.2, 0.25) is 0 Å². The summed E-state index contributed by atoms with van der Waals surface area (Å²) in [7, 11) is 0. The Balaban J connectivity index is 2.88. The quantitative estimate of drug-likeness (QED) is 0.472. The van der Waals surface area contributed by atoms with Crippen LogP contribution in [0.5, 0.6) is 0 Å². The van der Waals surface area contributed by atoms with Gasteiger partial charge in [0.05, 0.1) is 0 Å². The first-order valence-electron chi connectivity index (χ1n) is 8.05. The summed E-state index contributed by atoms with van der Waals surface area (Å²) in [5, 5.41) is 11.8. The zero-order valence-corrected chi connectivity index (χ0v) is 15.0. The van der Waals surface area contributed by atoms with Gasteiger partial charge in [-0.1, -0.05) is 6.92 Å². The molecule has 1 N–H and O–H groups in total. The second kappa shape index (κ2) is 8.92. The van der Waals surface area contributed by atoms with Gasteiger partial charge in [0, 0.05) is 24.0 Å². The summed E-state index contributed by atoms with van der Waals surface area (Å²) in [6.07, 6.45) is 2.51. The van der Waals surface area contributed by atoms with Crippen molar-refractivity contribution >= 4 is 18.0 Å². The van der Waals surface area contributed by atoms with Crippen molar-refractivity contribution in [2.75, 3.05) is 6.61 Å². The molecular formula is C18H25N3O3. The molecule has 1 rings (SSSR count). The van der Waals surface area contributed by atoms with Crippen LogP contribution in [0.3, 0.4) is 0 Å². The maximum atomic E-state index is 12.0. The lowest BCUT2D eigenvalue weighted by atomic mass is 10.1. The van der Waals surface area contributed by atoms with Crippen molar-refractivity contribution in [3.8, 4) is 6.07 Å². The maximum Gasteiger partial charge on any atom is 0.349 e. The molecule has 0 spiro atoms. The third-order valence-electron chi connectivity index (χ3n) is 3.48. The van der Waals surface area contributed by atoms with Crippen molar-refractivity contribution < 1.29 is 14.3 Å². The lowest BCUT2D eigenvalue weighted by molar-refractivity contribution is -0.144. The number of ether oxygens (including phenoxy) is 1. The number of nitriles is 1. The molecular weight excluding hydrogens is 306 g/mol. The number of carbonyl (C=O) groups excluding carboxylic acids is 2. The largest absolute Gasteiger partial charge is 0.451 e. The van der Waals surface area contributed by atoms with Crippen LogP contribution in [0.25, 0.3) is 6.08 Å². The van der Waals surface area contributed by atoms with Crippen molar-refractivity contribution in [3.63, 3.8) is 0 Å². The van der Waals surface area contributed by atoms with Gasteiger partial charge in [0.25, 0.3) is 5.91 Å². The Kier molecular flexibility index (Phi) is 7.25. The van der Waals surface area contributed by atoms with Crippen LogP contribution in [0.15, 0.2) is 11.6 Å². The Morgan fingerprint density at radius 3 is 2.62 bits per heavy atom. The molecule has 6 heteroatoms. The molecule has 1 amide bonds. The van der Waals surface area contributed by atoms with Gasteiger partial charge in [-0.3, -0.25) is 4.79 Å². The summed E-state index contributed by atoms with van der Waals surface area (Å²) in [6, 6.07) is 3.74. The summed E-state index contributed by atoms with van der Waals surface area (Å²) < 4.78 is 7.05. The number of carbonyl (C=O) groups is 2. The Morgan fingerprint density at radius 1 is 1.42 bits per heavy atom. The number of amides is 1. The number of rotatable bonds is 7. The molecule has 130 valence electrons. The van der Waals surface area contributed by atoms with E-state index >= 15 is 0 Å². The molecule has 1 heterocycles. The lowest BCUT2D eigenvalue weighted by Gasteiger charge is -2.08. The van der Waals surface area contributed by atoms with E-state index in [-0.39, 0.29) is 11.6 Å². The molecule has 0 atom stereocenters. The van der Waals surface area contributed by atoms with E-state index in [1.165, 1.54) is 6.08 Å². The van der Waals surface area contributed by atoms with Gasteiger partial charge in [0.1, 0.15) is 11.6 Å². The van der Waals surface area contributed by atoms with E-state index in [9.17, 15) is 14.9 Å². The SMILES string of the molecule is CCCn1c(C)cc(/C=C(\C#N)C(=O)OCC(=O)NC(C)C)c1C. The fourth-order valence-corrected chi connectivity index (χ4v) is 2.41. The smallest absolute Gasteiger partial charge is 0.349 e. The number of nitrogens with one attached hydrogen (secondary N) is 1. The van der Waals surface area contributed by atoms with Crippen LogP contribution in [0.1, 0.15) is 44.1 Å². The third kappa shape index (κ3) is 5.27. The standard InChI is InChI=1S/C18H25N3O3/c1-6-7-21-13(4)8-15(14(21)5)9-16(10-19)18(23)24-11-17(22)20-12(2)3/h8-9,12H,6-7,11H2,1-5H3,(H,20,22)/b16-9+. The molecule has 6 nitrogen and oxygen atoms in total. The minimum Gasteiger partial charge on any atom is -0.451 e. The number of aryl methyl sites for hydroxylation is 1. The second-order valence-corrected chi connectivity index (χ2v) is 5.95. The van der Waals surface area contributed by atoms with E-state index in [1.807, 2.05) is 39.8 Å². The van der Waals surface area contributed by atoms with Crippen LogP contribution >= 0.6 is 0 Å². The highest BCUT2D eigenvalue weighted by Crippen LogP contribution is 2.19. The van der Waals surface area contributed by atoms with Crippen LogP contribution in [0, 0.1) is 25.2 Å². The number of esters is 1. The van der Waals surface area contributed by atoms with Gasteiger partial charge >= 0.3 is 5.97 Å². The minimum atomic E-state index is -0.795. The van der Waals surface area contributed by atoms with E-state index in [2.05, 4.69) is 16.8 Å². The molecule has 0 bridgehead atoms. The van der Waals surface area contributed by atoms with Gasteiger partial charge in [-0.25, -0.2) is 4.79 Å². The van der Waals surface area contributed by atoms with Crippen LogP contribution in [-0.4, -0.2) is 29.1 Å². The summed E-state index contributed by atoms with van der Waals surface area (Å²) in [6.45, 7) is 10.1. The summed E-state index contributed by atoms with van der Waals surface area (Å²) in [4.78, 5) is 23.5. The fourth-order valence-electron chi connectivity index (χ4n) is 2.41. The molecule has 0 fully saturated rings. The summed E-state index contributed by atoms with van der Waals surface area (Å²) >= 11 is 0. The number of aromatic nitrogens is 1. The molecule has 24 heavy (non-hydrogen) atoms. The maximum absolute atomic E-state index is 12.0. The lowest BCUT2D eigenvalue weighted by Crippen LogP contribution is -2.34. The normalized spacial score (nSPS) is 11.3. The average Bonchev–Trinajstić information content (AvgIpc) is 2.77. The molecule has 0 aliphatic rings. The van der Waals surface area contributed by atoms with E-state index in [4.69, 9.17) is 4.74 Å². The Morgan fingerprint density at radius 2 is 2.08 bits per heavy atom. The molecule has 0 unspecified atom stereocenters. The molecule has 0 aromatic carbocycles. The highest BCUT2D eigenvalue weighted by atomic mass is 16.5. The van der Waals surface area contributed by atoms with Crippen LogP contribution in [-0.2, 0) is 20.9 Å². The van der Waals surface area contributed by atoms with Crippen molar-refractivity contribution in [1.29, 1.82) is 5.26 Å². The zero-order valence-electron chi connectivity index (χ0n) is 15.0. The number of nitrogens with zero attached hydrogens (tertiary/aromatic N) is 2. The van der Waals surface area contributed by atoms with Gasteiger partial charge in [-0.05, 0) is 51.8 Å². The topological polar surface area (TPSA) is 84.1 Å². The van der Waals surface area contributed by atoms with E-state index in [0.717, 1.165) is 29.9 Å². The molecule has 0 aliphatic heterocycles. The molecule has 0 saturated carbocycles. The number of hydrogen-bond donors (Lipinski definition) is 1. The molecule has 1 aromatic heterocycles. The number of hydrogen-bond acceptors (Lipinski definition) is 4. The predicted octanol–water partition coefficient (Wildman–Crippen LogP) is 2.49. The van der Waals surface area contributed by atoms with Crippen molar-refractivity contribution in [2.45, 2.75) is 53.6 Å². The van der Waals surface area contributed by atoms with Gasteiger partial charge in [0.2, 0.25) is 0 Å². The zero-order chi connectivity index (χ0) is 18.3. The highest BCUT2D eigenvalue weighted by Gasteiger charge is 2.15. The van der Waals surface area contributed by atoms with Gasteiger partial charge in [-0.2, -0.15) is 5.26 Å². The first-order valence-corrected chi connectivity index (χ1v) is 8.05. The van der Waals surface area contributed by atoms with Gasteiger partial charge < -0.3 is 14.6 Å². The third-order valence-corrected chi connectivity index (χ3v) is 3.48. The highest BCUT2D eigenvalue weighted by molar-refractivity contribution is 5.99. The molecule has 1 aromatic rings. The van der Waals surface area contributed by atoms with Crippen molar-refractivity contribution in [3.05, 3.63) is 28.6 Å². The summed E-state index contributed by atoms with van der Waals surface area (Å²) in [5.74, 6) is -1.19. The predicted molar refractivity (Wildman–Crippen MR) is 92.0 cm³/mol. The average molecular weight is 331 g/mol. The monoisotopic (exact) mass is 331 g/mol. The van der Waals surface area contributed by atoms with Crippen molar-refractivity contribution in [2.24, 2.45) is 0 Å². The minimum absolute atomic E-state index is 0.0360. The Bertz CT molecular complexity index is 678. The van der Waals surface area contributed by atoms with E-state index in [1.54, 1.807) is 0 Å². The van der Waals surface area contributed by atoms with Crippen LogP contribution in [0.4, 0.5) is 0 Å². The Hall–Kier alpha value is -2.55. The molecule has 0 radical (unpaired) electrons. The van der Waals surface area contributed by atoms with Crippen molar-refractivity contribution in [1.82, 2.24) is 9.88 Å². The van der Waals surface area contributed by atoms with Gasteiger partial charge in [-0.15, -0.1) is 0 Å². The first-order chi connectivity index (χ1) is 11.3. The summed E-state index contributed by atoms with van der Waals surface area (Å²) in [5.41, 5.74) is 2.75. The first kappa shape index (κ1) is 19.5.